The molecule has 1 atom stereocenters. The second-order valence-electron chi connectivity index (χ2n) is 6.35. The van der Waals surface area contributed by atoms with Gasteiger partial charge in [-0.3, -0.25) is 0 Å². The standard InChI is InChI=1S/C17H25F2N/c1-11(2)12-4-6-13(7-5-12)17(20-3)15-9-8-14(18)10-16(15)19/h8-13,17,20H,4-7H2,1-3H3. The highest BCUT2D eigenvalue weighted by atomic mass is 19.1. The lowest BCUT2D eigenvalue weighted by atomic mass is 9.73. The van der Waals surface area contributed by atoms with E-state index in [1.54, 1.807) is 6.07 Å². The van der Waals surface area contributed by atoms with Crippen molar-refractivity contribution < 1.29 is 8.78 Å². The van der Waals surface area contributed by atoms with Crippen LogP contribution < -0.4 is 5.32 Å². The molecule has 0 aliphatic heterocycles. The molecule has 3 heteroatoms. The number of nitrogens with one attached hydrogen (secondary N) is 1. The molecule has 0 aromatic heterocycles. The van der Waals surface area contributed by atoms with Gasteiger partial charge >= 0.3 is 0 Å². The van der Waals surface area contributed by atoms with Crippen LogP contribution in [0.15, 0.2) is 18.2 Å². The van der Waals surface area contributed by atoms with Crippen LogP contribution in [0.4, 0.5) is 8.78 Å². The minimum Gasteiger partial charge on any atom is -0.313 e. The van der Waals surface area contributed by atoms with Crippen LogP contribution in [0.3, 0.4) is 0 Å². The molecule has 0 amide bonds. The first-order valence-electron chi connectivity index (χ1n) is 7.65. The van der Waals surface area contributed by atoms with Crippen molar-refractivity contribution in [1.29, 1.82) is 0 Å². The maximum atomic E-state index is 14.0. The molecule has 0 radical (unpaired) electrons. The van der Waals surface area contributed by atoms with Crippen LogP contribution in [0, 0.1) is 29.4 Å². The summed E-state index contributed by atoms with van der Waals surface area (Å²) in [5.41, 5.74) is 0.599. The van der Waals surface area contributed by atoms with Gasteiger partial charge in [-0.05, 0) is 56.6 Å². The highest BCUT2D eigenvalue weighted by molar-refractivity contribution is 5.23. The maximum Gasteiger partial charge on any atom is 0.130 e. The van der Waals surface area contributed by atoms with Crippen LogP contribution in [-0.4, -0.2) is 7.05 Å². The lowest BCUT2D eigenvalue weighted by Crippen LogP contribution is -2.30. The molecule has 1 aromatic carbocycles. The smallest absolute Gasteiger partial charge is 0.130 e. The van der Waals surface area contributed by atoms with E-state index in [1.807, 2.05) is 7.05 Å². The molecule has 1 N–H and O–H groups in total. The Kier molecular flexibility index (Phi) is 5.14. The van der Waals surface area contributed by atoms with Gasteiger partial charge in [0.05, 0.1) is 0 Å². The highest BCUT2D eigenvalue weighted by Crippen LogP contribution is 2.39. The molecule has 1 fully saturated rings. The molecule has 1 unspecified atom stereocenters. The molecule has 0 bridgehead atoms. The predicted octanol–water partition coefficient (Wildman–Crippen LogP) is 4.69. The third kappa shape index (κ3) is 3.38. The lowest BCUT2D eigenvalue weighted by Gasteiger charge is -2.35. The van der Waals surface area contributed by atoms with E-state index in [9.17, 15) is 8.78 Å². The molecular weight excluding hydrogens is 256 g/mol. The number of benzene rings is 1. The van der Waals surface area contributed by atoms with E-state index in [-0.39, 0.29) is 6.04 Å². The summed E-state index contributed by atoms with van der Waals surface area (Å²) in [6, 6.07) is 3.91. The fourth-order valence-corrected chi connectivity index (χ4v) is 3.54. The summed E-state index contributed by atoms with van der Waals surface area (Å²) < 4.78 is 27.0. The zero-order valence-corrected chi connectivity index (χ0v) is 12.6. The lowest BCUT2D eigenvalue weighted by molar-refractivity contribution is 0.191. The average molecular weight is 281 g/mol. The van der Waals surface area contributed by atoms with Gasteiger partial charge in [0.1, 0.15) is 11.6 Å². The van der Waals surface area contributed by atoms with Gasteiger partial charge in [-0.25, -0.2) is 8.78 Å². The molecule has 1 saturated carbocycles. The monoisotopic (exact) mass is 281 g/mol. The highest BCUT2D eigenvalue weighted by Gasteiger charge is 2.30. The van der Waals surface area contributed by atoms with Crippen molar-refractivity contribution in [3.8, 4) is 0 Å². The van der Waals surface area contributed by atoms with Crippen LogP contribution in [0.2, 0.25) is 0 Å². The first-order chi connectivity index (χ1) is 9.52. The second-order valence-corrected chi connectivity index (χ2v) is 6.35. The quantitative estimate of drug-likeness (QED) is 0.844. The van der Waals surface area contributed by atoms with Gasteiger partial charge in [-0.15, -0.1) is 0 Å². The molecule has 2 rings (SSSR count). The molecule has 112 valence electrons. The van der Waals surface area contributed by atoms with E-state index in [0.29, 0.717) is 11.5 Å². The first kappa shape index (κ1) is 15.4. The zero-order chi connectivity index (χ0) is 14.7. The van der Waals surface area contributed by atoms with E-state index in [4.69, 9.17) is 0 Å². The van der Waals surface area contributed by atoms with Crippen LogP contribution in [0.5, 0.6) is 0 Å². The maximum absolute atomic E-state index is 14.0. The van der Waals surface area contributed by atoms with Gasteiger partial charge in [-0.1, -0.05) is 19.9 Å². The largest absolute Gasteiger partial charge is 0.313 e. The van der Waals surface area contributed by atoms with Gasteiger partial charge in [0, 0.05) is 17.7 Å². The molecule has 0 saturated heterocycles. The molecule has 1 aliphatic carbocycles. The Labute approximate surface area is 120 Å². The van der Waals surface area contributed by atoms with Gasteiger partial charge < -0.3 is 5.32 Å². The van der Waals surface area contributed by atoms with E-state index in [0.717, 1.165) is 30.7 Å². The summed E-state index contributed by atoms with van der Waals surface area (Å²) in [5.74, 6) is 1.02. The van der Waals surface area contributed by atoms with Crippen LogP contribution in [-0.2, 0) is 0 Å². The fraction of sp³-hybridized carbons (Fsp3) is 0.647. The first-order valence-corrected chi connectivity index (χ1v) is 7.65. The molecule has 1 aliphatic rings. The molecule has 1 aromatic rings. The average Bonchev–Trinajstić information content (AvgIpc) is 2.42. The molecule has 1 nitrogen and oxygen atoms in total. The zero-order valence-electron chi connectivity index (χ0n) is 12.6. The fourth-order valence-electron chi connectivity index (χ4n) is 3.54. The molecule has 20 heavy (non-hydrogen) atoms. The van der Waals surface area contributed by atoms with Crippen LogP contribution in [0.1, 0.15) is 51.1 Å². The molecular formula is C17H25F2N. The third-order valence-corrected chi connectivity index (χ3v) is 4.84. The van der Waals surface area contributed by atoms with Crippen LogP contribution in [0.25, 0.3) is 0 Å². The van der Waals surface area contributed by atoms with E-state index in [1.165, 1.54) is 18.9 Å². The third-order valence-electron chi connectivity index (χ3n) is 4.84. The molecule has 0 heterocycles. The topological polar surface area (TPSA) is 12.0 Å². The number of rotatable bonds is 4. The van der Waals surface area contributed by atoms with E-state index < -0.39 is 11.6 Å². The number of halogens is 2. The van der Waals surface area contributed by atoms with Gasteiger partial charge in [0.15, 0.2) is 0 Å². The van der Waals surface area contributed by atoms with E-state index in [2.05, 4.69) is 19.2 Å². The summed E-state index contributed by atoms with van der Waals surface area (Å²) in [7, 11) is 1.86. The Hall–Kier alpha value is -0.960. The Morgan fingerprint density at radius 1 is 1.05 bits per heavy atom. The second kappa shape index (κ2) is 6.66. The Bertz CT molecular complexity index is 437. The van der Waals surface area contributed by atoms with E-state index >= 15 is 0 Å². The van der Waals surface area contributed by atoms with Crippen molar-refractivity contribution in [1.82, 2.24) is 5.32 Å². The van der Waals surface area contributed by atoms with Crippen molar-refractivity contribution in [2.45, 2.75) is 45.6 Å². The summed E-state index contributed by atoms with van der Waals surface area (Å²) in [4.78, 5) is 0. The summed E-state index contributed by atoms with van der Waals surface area (Å²) in [6.45, 7) is 4.56. The normalized spacial score (nSPS) is 24.9. The SMILES string of the molecule is CNC(c1ccc(F)cc1F)C1CCC(C(C)C)CC1. The number of hydrogen-bond acceptors (Lipinski definition) is 1. The van der Waals surface area contributed by atoms with Crippen molar-refractivity contribution in [2.24, 2.45) is 17.8 Å². The van der Waals surface area contributed by atoms with Crippen molar-refractivity contribution in [2.75, 3.05) is 7.05 Å². The Morgan fingerprint density at radius 3 is 2.15 bits per heavy atom. The summed E-state index contributed by atoms with van der Waals surface area (Å²) in [5, 5.41) is 3.23. The Morgan fingerprint density at radius 2 is 1.65 bits per heavy atom. The predicted molar refractivity (Wildman–Crippen MR) is 78.4 cm³/mol. The minimum absolute atomic E-state index is 0.0105. The summed E-state index contributed by atoms with van der Waals surface area (Å²) >= 11 is 0. The van der Waals surface area contributed by atoms with Crippen molar-refractivity contribution in [3.05, 3.63) is 35.4 Å². The van der Waals surface area contributed by atoms with Gasteiger partial charge in [0.2, 0.25) is 0 Å². The Balaban J connectivity index is 2.09. The summed E-state index contributed by atoms with van der Waals surface area (Å²) in [6.07, 6.45) is 4.66. The van der Waals surface area contributed by atoms with Crippen molar-refractivity contribution in [3.63, 3.8) is 0 Å². The molecule has 0 spiro atoms. The number of hydrogen-bond donors (Lipinski definition) is 1. The van der Waals surface area contributed by atoms with Crippen molar-refractivity contribution >= 4 is 0 Å². The van der Waals surface area contributed by atoms with Gasteiger partial charge in [0.25, 0.3) is 0 Å². The van der Waals surface area contributed by atoms with Crippen LogP contribution >= 0.6 is 0 Å². The minimum atomic E-state index is -0.510. The van der Waals surface area contributed by atoms with Gasteiger partial charge in [-0.2, -0.15) is 0 Å².